The average molecular weight is 1290 g/mol. The number of hydrogen-bond acceptors (Lipinski definition) is 8. The SMILES string of the molecule is CC/C=C\C/C=C\C/C=C\C/C=C\C/C=C\C/C=C\C/C=C\C/C=C\C/C=C\C/C=C\C/C=C\C/C=C\CCCCCCC(=O)OC(COC(=O)CCCCCCCCCCCCCC/C=C\C/C=C\C/C=C\CCCCCCC)COC(OCC[N+](C)(C)C)C(=O)[O-]. The molecule has 0 aliphatic carbocycles. The molecule has 2 atom stereocenters. The van der Waals surface area contributed by atoms with Crippen molar-refractivity contribution in [3.8, 4) is 0 Å². The Hall–Kier alpha value is -5.61. The van der Waals surface area contributed by atoms with Gasteiger partial charge in [-0.15, -0.1) is 0 Å². The number of nitrogens with zero attached hydrogens (tertiary/aromatic N) is 1. The molecule has 0 spiro atoms. The topological polar surface area (TPSA) is 111 Å². The van der Waals surface area contributed by atoms with Crippen LogP contribution in [-0.4, -0.2) is 82.3 Å². The van der Waals surface area contributed by atoms with Gasteiger partial charge in [-0.05, 0) is 141 Å². The van der Waals surface area contributed by atoms with E-state index in [0.29, 0.717) is 17.4 Å². The Balaban J connectivity index is 4.23. The third-order valence-electron chi connectivity index (χ3n) is 15.1. The maximum absolute atomic E-state index is 12.9. The van der Waals surface area contributed by atoms with E-state index in [4.69, 9.17) is 18.9 Å². The minimum absolute atomic E-state index is 0.133. The van der Waals surface area contributed by atoms with Gasteiger partial charge >= 0.3 is 11.9 Å². The summed E-state index contributed by atoms with van der Waals surface area (Å²) in [6.07, 6.45) is 107. The molecule has 0 aromatic heterocycles. The van der Waals surface area contributed by atoms with E-state index in [0.717, 1.165) is 135 Å². The lowest BCUT2D eigenvalue weighted by Gasteiger charge is -2.26. The lowest BCUT2D eigenvalue weighted by atomic mass is 10.0. The first-order valence-corrected chi connectivity index (χ1v) is 36.9. The van der Waals surface area contributed by atoms with Crippen molar-refractivity contribution in [2.75, 3.05) is 47.5 Å². The van der Waals surface area contributed by atoms with Crippen LogP contribution in [0.2, 0.25) is 0 Å². The van der Waals surface area contributed by atoms with Gasteiger partial charge in [0.1, 0.15) is 13.2 Å². The van der Waals surface area contributed by atoms with E-state index in [1.165, 1.54) is 103 Å². The van der Waals surface area contributed by atoms with Gasteiger partial charge in [-0.2, -0.15) is 0 Å². The summed E-state index contributed by atoms with van der Waals surface area (Å²) >= 11 is 0. The van der Waals surface area contributed by atoms with E-state index in [9.17, 15) is 19.5 Å². The van der Waals surface area contributed by atoms with Crippen LogP contribution in [0.5, 0.6) is 0 Å². The standard InChI is InChI=1S/C84H135NO8/c1-6-8-10-12-14-16-18-20-22-24-26-28-30-32-34-35-36-37-38-39-40-41-42-43-44-45-46-47-49-51-53-55-57-59-61-63-65-67-69-71-73-75-82(87)93-80(79-92-84(83(88)89)90-77-76-85(3,4)5)78-91-81(86)74-72-70-68-66-64-62-60-58-56-54-52-50-48-33-31-29-27-25-23-21-19-17-15-13-11-9-7-2/h8,10,14,16,19-22,25-28,31-34,36-37,39-40,42-43,45-46,49,51,55,57,61,63,80,84H,6-7,9,11-13,15,17-18,23-24,29-30,35,38,41,44,47-48,50,52-54,56,58-60,62,64-79H2,1-5H3/b10-8-,16-14-,21-19-,22-20-,27-25-,28-26-,33-31-,34-32-,37-36-,40-39-,43-42-,46-45-,51-49-,57-55-,63-61-. The zero-order chi connectivity index (χ0) is 67.5. The lowest BCUT2D eigenvalue weighted by molar-refractivity contribution is -0.870. The average Bonchev–Trinajstić information content (AvgIpc) is 3.38. The van der Waals surface area contributed by atoms with Crippen molar-refractivity contribution in [1.29, 1.82) is 0 Å². The van der Waals surface area contributed by atoms with Crippen LogP contribution >= 0.6 is 0 Å². The number of unbranched alkanes of at least 4 members (excludes halogenated alkanes) is 21. The maximum Gasteiger partial charge on any atom is 0.306 e. The van der Waals surface area contributed by atoms with Crippen LogP contribution in [0.1, 0.15) is 271 Å². The van der Waals surface area contributed by atoms with Gasteiger partial charge in [0.05, 0.1) is 40.3 Å². The summed E-state index contributed by atoms with van der Waals surface area (Å²) in [5.74, 6) is -2.33. The van der Waals surface area contributed by atoms with E-state index in [1.54, 1.807) is 0 Å². The third-order valence-corrected chi connectivity index (χ3v) is 15.1. The fourth-order valence-corrected chi connectivity index (χ4v) is 9.53. The van der Waals surface area contributed by atoms with E-state index >= 15 is 0 Å². The first kappa shape index (κ1) is 87.4. The molecule has 0 aromatic rings. The quantitative estimate of drug-likeness (QED) is 0.0195. The van der Waals surface area contributed by atoms with E-state index in [1.807, 2.05) is 21.1 Å². The minimum Gasteiger partial charge on any atom is -0.545 e. The fraction of sp³-hybridized carbons (Fsp3) is 0.607. The summed E-state index contributed by atoms with van der Waals surface area (Å²) in [6, 6.07) is 0. The van der Waals surface area contributed by atoms with Crippen LogP contribution < -0.4 is 5.11 Å². The summed E-state index contributed by atoms with van der Waals surface area (Å²) in [4.78, 5) is 37.5. The van der Waals surface area contributed by atoms with Gasteiger partial charge in [-0.1, -0.05) is 299 Å². The molecule has 9 heteroatoms. The number of ether oxygens (including phenoxy) is 4. The molecule has 0 rings (SSSR count). The zero-order valence-corrected chi connectivity index (χ0v) is 59.8. The second-order valence-electron chi connectivity index (χ2n) is 25.1. The number of carboxylic acid groups (broad SMARTS) is 1. The van der Waals surface area contributed by atoms with Gasteiger partial charge in [-0.3, -0.25) is 9.59 Å². The number of aliphatic carboxylic acids is 1. The number of likely N-dealkylation sites (N-methyl/N-ethyl adjacent to an activating group) is 1. The Morgan fingerprint density at radius 1 is 0.333 bits per heavy atom. The summed E-state index contributed by atoms with van der Waals surface area (Å²) < 4.78 is 22.8. The molecule has 2 unspecified atom stereocenters. The van der Waals surface area contributed by atoms with Crippen molar-refractivity contribution in [2.24, 2.45) is 0 Å². The van der Waals surface area contributed by atoms with E-state index in [2.05, 4.69) is 196 Å². The van der Waals surface area contributed by atoms with Crippen LogP contribution in [0.15, 0.2) is 182 Å². The normalized spacial score (nSPS) is 13.8. The first-order valence-electron chi connectivity index (χ1n) is 36.9. The number of carbonyl (C=O) groups is 3. The molecule has 9 nitrogen and oxygen atoms in total. The van der Waals surface area contributed by atoms with Crippen molar-refractivity contribution in [1.82, 2.24) is 0 Å². The second-order valence-corrected chi connectivity index (χ2v) is 25.1. The summed E-state index contributed by atoms with van der Waals surface area (Å²) in [5, 5.41) is 11.8. The number of allylic oxidation sites excluding steroid dienone is 30. The van der Waals surface area contributed by atoms with Gasteiger partial charge in [0.2, 0.25) is 0 Å². The predicted octanol–water partition coefficient (Wildman–Crippen LogP) is 22.2. The monoisotopic (exact) mass is 1290 g/mol. The highest BCUT2D eigenvalue weighted by Crippen LogP contribution is 2.15. The number of rotatable bonds is 66. The molecule has 0 bridgehead atoms. The first-order chi connectivity index (χ1) is 45.6. The van der Waals surface area contributed by atoms with Gasteiger partial charge < -0.3 is 33.3 Å². The van der Waals surface area contributed by atoms with Crippen molar-refractivity contribution < 1.29 is 42.9 Å². The minimum atomic E-state index is -1.64. The Labute approximate surface area is 570 Å². The van der Waals surface area contributed by atoms with Crippen LogP contribution in [-0.2, 0) is 33.3 Å². The molecule has 0 aliphatic heterocycles. The molecular formula is C84H135NO8. The highest BCUT2D eigenvalue weighted by atomic mass is 16.7. The van der Waals surface area contributed by atoms with Gasteiger partial charge in [-0.25, -0.2) is 0 Å². The van der Waals surface area contributed by atoms with Crippen molar-refractivity contribution in [3.05, 3.63) is 182 Å². The van der Waals surface area contributed by atoms with E-state index in [-0.39, 0.29) is 38.6 Å². The molecule has 524 valence electrons. The Bertz CT molecular complexity index is 2190. The number of hydrogen-bond donors (Lipinski definition) is 0. The van der Waals surface area contributed by atoms with Crippen LogP contribution in [0.25, 0.3) is 0 Å². The van der Waals surface area contributed by atoms with Crippen molar-refractivity contribution in [3.63, 3.8) is 0 Å². The lowest BCUT2D eigenvalue weighted by Crippen LogP contribution is -2.44. The van der Waals surface area contributed by atoms with Gasteiger partial charge in [0.25, 0.3) is 0 Å². The van der Waals surface area contributed by atoms with E-state index < -0.39 is 24.3 Å². The molecule has 0 heterocycles. The molecule has 0 amide bonds. The number of esters is 2. The maximum atomic E-state index is 12.9. The highest BCUT2D eigenvalue weighted by molar-refractivity contribution is 5.70. The van der Waals surface area contributed by atoms with Crippen LogP contribution in [0.3, 0.4) is 0 Å². The Morgan fingerprint density at radius 3 is 0.914 bits per heavy atom. The molecule has 0 fully saturated rings. The van der Waals surface area contributed by atoms with Gasteiger partial charge in [0.15, 0.2) is 12.4 Å². The molecule has 0 aromatic carbocycles. The Kier molecular flexibility index (Phi) is 67.9. The van der Waals surface area contributed by atoms with Crippen molar-refractivity contribution in [2.45, 2.75) is 283 Å². The third kappa shape index (κ3) is 73.7. The molecule has 0 saturated heterocycles. The Morgan fingerprint density at radius 2 is 0.613 bits per heavy atom. The molecule has 0 radical (unpaired) electrons. The number of carboxylic acids is 1. The molecule has 0 N–H and O–H groups in total. The zero-order valence-electron chi connectivity index (χ0n) is 59.8. The summed E-state index contributed by atoms with van der Waals surface area (Å²) in [5.41, 5.74) is 0. The summed E-state index contributed by atoms with van der Waals surface area (Å²) in [7, 11) is 5.91. The number of carbonyl (C=O) groups excluding carboxylic acids is 3. The molecule has 0 saturated carbocycles. The molecular weight excluding hydrogens is 1150 g/mol. The number of quaternary nitrogens is 1. The molecule has 0 aliphatic rings. The molecule has 93 heavy (non-hydrogen) atoms. The largest absolute Gasteiger partial charge is 0.545 e. The fourth-order valence-electron chi connectivity index (χ4n) is 9.53. The smallest absolute Gasteiger partial charge is 0.306 e. The predicted molar refractivity (Wildman–Crippen MR) is 398 cm³/mol. The van der Waals surface area contributed by atoms with Gasteiger partial charge in [0, 0.05) is 12.8 Å². The summed E-state index contributed by atoms with van der Waals surface area (Å²) in [6.45, 7) is 4.58. The highest BCUT2D eigenvalue weighted by Gasteiger charge is 2.22. The van der Waals surface area contributed by atoms with Crippen LogP contribution in [0, 0.1) is 0 Å². The van der Waals surface area contributed by atoms with Crippen molar-refractivity contribution >= 4 is 17.9 Å². The van der Waals surface area contributed by atoms with Crippen LogP contribution in [0.4, 0.5) is 0 Å². The second kappa shape index (κ2) is 72.2.